The fraction of sp³-hybridized carbons (Fsp3) is 0.533. The van der Waals surface area contributed by atoms with Crippen LogP contribution in [0.25, 0.3) is 0 Å². The summed E-state index contributed by atoms with van der Waals surface area (Å²) in [6, 6.07) is 5.96. The van der Waals surface area contributed by atoms with Crippen LogP contribution in [0.1, 0.15) is 41.5 Å². The highest BCUT2D eigenvalue weighted by Crippen LogP contribution is 2.29. The molecule has 0 N–H and O–H groups in total. The maximum absolute atomic E-state index is 12.5. The molecule has 1 aromatic heterocycles. The number of carbonyl (C=O) groups is 1. The summed E-state index contributed by atoms with van der Waals surface area (Å²) >= 11 is 0. The van der Waals surface area contributed by atoms with Crippen LogP contribution in [0.4, 0.5) is 0 Å². The van der Waals surface area contributed by atoms with E-state index in [9.17, 15) is 10.1 Å². The van der Waals surface area contributed by atoms with Crippen molar-refractivity contribution in [3.8, 4) is 6.07 Å². The molecule has 0 saturated carbocycles. The molecule has 1 aliphatic heterocycles. The number of hydrogen-bond donors (Lipinski definition) is 0. The number of nitriles is 1. The molecule has 0 aliphatic carbocycles. The molecule has 2 rings (SSSR count). The molecule has 1 fully saturated rings. The van der Waals surface area contributed by atoms with E-state index >= 15 is 0 Å². The summed E-state index contributed by atoms with van der Waals surface area (Å²) < 4.78 is 0. The first kappa shape index (κ1) is 13.5. The Balaban J connectivity index is 2.22. The summed E-state index contributed by atoms with van der Waals surface area (Å²) in [5, 5.41) is 9.21. The number of amides is 1. The van der Waals surface area contributed by atoms with Gasteiger partial charge in [-0.25, -0.2) is 0 Å². The number of aryl methyl sites for hydroxylation is 2. The van der Waals surface area contributed by atoms with Gasteiger partial charge < -0.3 is 4.90 Å². The van der Waals surface area contributed by atoms with Gasteiger partial charge in [0.1, 0.15) is 0 Å². The fourth-order valence-corrected chi connectivity index (χ4v) is 2.64. The van der Waals surface area contributed by atoms with Crippen LogP contribution in [0.15, 0.2) is 12.1 Å². The van der Waals surface area contributed by atoms with Crippen LogP contribution in [0, 0.1) is 30.6 Å². The highest BCUT2D eigenvalue weighted by Gasteiger charge is 2.33. The molecular weight excluding hydrogens is 238 g/mol. The average molecular weight is 257 g/mol. The molecular formula is C15H19N3O. The molecule has 4 heteroatoms. The molecule has 2 heterocycles. The van der Waals surface area contributed by atoms with Crippen molar-refractivity contribution >= 4 is 5.91 Å². The monoisotopic (exact) mass is 257 g/mol. The number of rotatable bonds is 1. The maximum atomic E-state index is 12.5. The molecule has 4 nitrogen and oxygen atoms in total. The molecule has 0 bridgehead atoms. The Morgan fingerprint density at radius 3 is 2.63 bits per heavy atom. The Morgan fingerprint density at radius 2 is 2.05 bits per heavy atom. The van der Waals surface area contributed by atoms with Crippen molar-refractivity contribution in [2.75, 3.05) is 13.1 Å². The van der Waals surface area contributed by atoms with Gasteiger partial charge in [-0.1, -0.05) is 0 Å². The first-order valence-electron chi connectivity index (χ1n) is 6.59. The standard InChI is InChI=1S/C15H19N3O/c1-11-7-13(8-12(2)17-11)14(19)18-6-4-5-15(3,9-16)10-18/h7-8H,4-6,10H2,1-3H3/t15-/m0/s1. The van der Waals surface area contributed by atoms with Crippen molar-refractivity contribution in [3.05, 3.63) is 29.1 Å². The van der Waals surface area contributed by atoms with Gasteiger partial charge in [-0.05, 0) is 45.7 Å². The molecule has 0 radical (unpaired) electrons. The molecule has 1 amide bonds. The van der Waals surface area contributed by atoms with E-state index in [0.717, 1.165) is 30.8 Å². The molecule has 1 aliphatic rings. The molecule has 0 aromatic carbocycles. The number of pyridine rings is 1. The van der Waals surface area contributed by atoms with Crippen LogP contribution in [0.2, 0.25) is 0 Å². The summed E-state index contributed by atoms with van der Waals surface area (Å²) in [6.07, 6.45) is 1.75. The minimum atomic E-state index is -0.412. The number of piperidine rings is 1. The maximum Gasteiger partial charge on any atom is 0.254 e. The van der Waals surface area contributed by atoms with Crippen molar-refractivity contribution in [1.82, 2.24) is 9.88 Å². The molecule has 0 spiro atoms. The lowest BCUT2D eigenvalue weighted by Gasteiger charge is -2.36. The topological polar surface area (TPSA) is 57.0 Å². The van der Waals surface area contributed by atoms with Gasteiger partial charge in [0, 0.05) is 30.0 Å². The molecule has 1 saturated heterocycles. The van der Waals surface area contributed by atoms with Gasteiger partial charge in [-0.2, -0.15) is 5.26 Å². The molecule has 1 aromatic rings. The van der Waals surface area contributed by atoms with Gasteiger partial charge in [0.05, 0.1) is 11.5 Å². The Labute approximate surface area is 114 Å². The lowest BCUT2D eigenvalue weighted by Crippen LogP contribution is -2.44. The first-order chi connectivity index (χ1) is 8.93. The highest BCUT2D eigenvalue weighted by molar-refractivity contribution is 5.94. The quantitative estimate of drug-likeness (QED) is 0.776. The fourth-order valence-electron chi connectivity index (χ4n) is 2.64. The number of likely N-dealkylation sites (tertiary alicyclic amines) is 1. The van der Waals surface area contributed by atoms with Gasteiger partial charge in [0.2, 0.25) is 0 Å². The van der Waals surface area contributed by atoms with E-state index < -0.39 is 5.41 Å². The van der Waals surface area contributed by atoms with E-state index in [4.69, 9.17) is 0 Å². The molecule has 1 atom stereocenters. The number of aromatic nitrogens is 1. The van der Waals surface area contributed by atoms with E-state index in [1.807, 2.05) is 32.9 Å². The lowest BCUT2D eigenvalue weighted by atomic mass is 9.83. The second-order valence-electron chi connectivity index (χ2n) is 5.64. The minimum Gasteiger partial charge on any atom is -0.337 e. The van der Waals surface area contributed by atoms with Crippen LogP contribution in [0.3, 0.4) is 0 Å². The third kappa shape index (κ3) is 2.93. The average Bonchev–Trinajstić information content (AvgIpc) is 2.37. The van der Waals surface area contributed by atoms with Gasteiger partial charge >= 0.3 is 0 Å². The Bertz CT molecular complexity index is 527. The summed E-state index contributed by atoms with van der Waals surface area (Å²) in [4.78, 5) is 18.6. The molecule has 100 valence electrons. The predicted octanol–water partition coefficient (Wildman–Crippen LogP) is 2.46. The van der Waals surface area contributed by atoms with Gasteiger partial charge in [-0.15, -0.1) is 0 Å². The van der Waals surface area contributed by atoms with Crippen LogP contribution in [0.5, 0.6) is 0 Å². The summed E-state index contributed by atoms with van der Waals surface area (Å²) in [5.41, 5.74) is 1.96. The van der Waals surface area contributed by atoms with Crippen molar-refractivity contribution in [1.29, 1.82) is 5.26 Å². The zero-order valence-electron chi connectivity index (χ0n) is 11.7. The van der Waals surface area contributed by atoms with Crippen molar-refractivity contribution in [3.63, 3.8) is 0 Å². The van der Waals surface area contributed by atoms with Crippen molar-refractivity contribution < 1.29 is 4.79 Å². The second-order valence-corrected chi connectivity index (χ2v) is 5.64. The van der Waals surface area contributed by atoms with Gasteiger partial charge in [-0.3, -0.25) is 9.78 Å². The Hall–Kier alpha value is -1.89. The number of nitrogens with zero attached hydrogens (tertiary/aromatic N) is 3. The third-order valence-corrected chi connectivity index (χ3v) is 3.58. The Morgan fingerprint density at radius 1 is 1.42 bits per heavy atom. The number of carbonyl (C=O) groups excluding carboxylic acids is 1. The third-order valence-electron chi connectivity index (χ3n) is 3.58. The Kier molecular flexibility index (Phi) is 3.57. The van der Waals surface area contributed by atoms with Crippen molar-refractivity contribution in [2.24, 2.45) is 5.41 Å². The zero-order valence-corrected chi connectivity index (χ0v) is 11.7. The van der Waals surface area contributed by atoms with Gasteiger partial charge in [0.25, 0.3) is 5.91 Å². The predicted molar refractivity (Wildman–Crippen MR) is 72.6 cm³/mol. The molecule has 0 unspecified atom stereocenters. The van der Waals surface area contributed by atoms with Crippen LogP contribution in [-0.4, -0.2) is 28.9 Å². The number of hydrogen-bond acceptors (Lipinski definition) is 3. The van der Waals surface area contributed by atoms with E-state index in [0.29, 0.717) is 12.1 Å². The highest BCUT2D eigenvalue weighted by atomic mass is 16.2. The summed E-state index contributed by atoms with van der Waals surface area (Å²) in [6.45, 7) is 6.95. The SMILES string of the molecule is Cc1cc(C(=O)N2CCC[C@@](C)(C#N)C2)cc(C)n1. The minimum absolute atomic E-state index is 0.00905. The molecule has 19 heavy (non-hydrogen) atoms. The smallest absolute Gasteiger partial charge is 0.254 e. The first-order valence-corrected chi connectivity index (χ1v) is 6.59. The summed E-state index contributed by atoms with van der Waals surface area (Å²) in [5.74, 6) is 0.00905. The van der Waals surface area contributed by atoms with E-state index in [2.05, 4.69) is 11.1 Å². The van der Waals surface area contributed by atoms with E-state index in [-0.39, 0.29) is 5.91 Å². The van der Waals surface area contributed by atoms with E-state index in [1.165, 1.54) is 0 Å². The van der Waals surface area contributed by atoms with Crippen LogP contribution >= 0.6 is 0 Å². The largest absolute Gasteiger partial charge is 0.337 e. The van der Waals surface area contributed by atoms with Crippen LogP contribution in [-0.2, 0) is 0 Å². The lowest BCUT2D eigenvalue weighted by molar-refractivity contribution is 0.0629. The van der Waals surface area contributed by atoms with Crippen LogP contribution < -0.4 is 0 Å². The zero-order chi connectivity index (χ0) is 14.0. The van der Waals surface area contributed by atoms with Gasteiger partial charge in [0.15, 0.2) is 0 Å². The second kappa shape index (κ2) is 5.00. The normalized spacial score (nSPS) is 22.9. The summed E-state index contributed by atoms with van der Waals surface area (Å²) in [7, 11) is 0. The van der Waals surface area contributed by atoms with Crippen molar-refractivity contribution in [2.45, 2.75) is 33.6 Å². The van der Waals surface area contributed by atoms with E-state index in [1.54, 1.807) is 4.90 Å².